The van der Waals surface area contributed by atoms with Gasteiger partial charge in [0.15, 0.2) is 0 Å². The summed E-state index contributed by atoms with van der Waals surface area (Å²) in [6.07, 6.45) is 53.5. The molecule has 0 radical (unpaired) electrons. The van der Waals surface area contributed by atoms with Gasteiger partial charge >= 0.3 is 5.97 Å². The van der Waals surface area contributed by atoms with Crippen molar-refractivity contribution in [2.24, 2.45) is 0 Å². The van der Waals surface area contributed by atoms with Crippen LogP contribution in [0.15, 0.2) is 0 Å². The second-order valence-electron chi connectivity index (χ2n) is 18.2. The monoisotopic (exact) mass is 822 g/mol. The maximum Gasteiger partial charge on any atom is 0.305 e. The molecule has 0 fully saturated rings. The molecule has 0 spiro atoms. The molecule has 2 unspecified atom stereocenters. The molecule has 0 saturated heterocycles. The lowest BCUT2D eigenvalue weighted by Gasteiger charge is -2.22. The third-order valence-corrected chi connectivity index (χ3v) is 12.4. The number of hydrogen-bond acceptors (Lipinski definition) is 5. The van der Waals surface area contributed by atoms with Crippen molar-refractivity contribution >= 4 is 11.9 Å². The van der Waals surface area contributed by atoms with E-state index in [4.69, 9.17) is 4.74 Å². The molecule has 346 valence electrons. The normalized spacial score (nSPS) is 12.6. The molecule has 0 aromatic heterocycles. The van der Waals surface area contributed by atoms with E-state index in [0.717, 1.165) is 44.9 Å². The molecule has 6 nitrogen and oxygen atoms in total. The lowest BCUT2D eigenvalue weighted by molar-refractivity contribution is -0.143. The summed E-state index contributed by atoms with van der Waals surface area (Å²) in [5.41, 5.74) is 0. The van der Waals surface area contributed by atoms with E-state index in [-0.39, 0.29) is 18.5 Å². The van der Waals surface area contributed by atoms with Crippen molar-refractivity contribution in [3.8, 4) is 0 Å². The number of aliphatic hydroxyl groups is 2. The molecular formula is C52H103NO5. The largest absolute Gasteiger partial charge is 0.466 e. The van der Waals surface area contributed by atoms with Crippen LogP contribution < -0.4 is 5.32 Å². The van der Waals surface area contributed by atoms with E-state index in [9.17, 15) is 19.8 Å². The van der Waals surface area contributed by atoms with Crippen molar-refractivity contribution in [1.29, 1.82) is 0 Å². The second-order valence-corrected chi connectivity index (χ2v) is 18.2. The van der Waals surface area contributed by atoms with Crippen LogP contribution in [0.25, 0.3) is 0 Å². The summed E-state index contributed by atoms with van der Waals surface area (Å²) in [6.45, 7) is 4.94. The Morgan fingerprint density at radius 3 is 1.05 bits per heavy atom. The fraction of sp³-hybridized carbons (Fsp3) is 0.962. The van der Waals surface area contributed by atoms with Crippen LogP contribution in [0.1, 0.15) is 296 Å². The fourth-order valence-electron chi connectivity index (χ4n) is 8.35. The Hall–Kier alpha value is -1.14. The maximum atomic E-state index is 12.4. The van der Waals surface area contributed by atoms with Gasteiger partial charge in [-0.15, -0.1) is 0 Å². The minimum absolute atomic E-state index is 0.000993. The van der Waals surface area contributed by atoms with E-state index in [1.54, 1.807) is 0 Å². The molecule has 0 rings (SSSR count). The van der Waals surface area contributed by atoms with Crippen molar-refractivity contribution in [2.75, 3.05) is 13.2 Å². The van der Waals surface area contributed by atoms with Gasteiger partial charge in [-0.05, 0) is 25.7 Å². The molecule has 3 N–H and O–H groups in total. The van der Waals surface area contributed by atoms with Crippen LogP contribution in [0.4, 0.5) is 0 Å². The molecule has 0 bridgehead atoms. The number of aliphatic hydroxyl groups excluding tert-OH is 2. The van der Waals surface area contributed by atoms with Gasteiger partial charge in [-0.1, -0.05) is 258 Å². The van der Waals surface area contributed by atoms with Crippen LogP contribution in [0.2, 0.25) is 0 Å². The smallest absolute Gasteiger partial charge is 0.305 e. The van der Waals surface area contributed by atoms with E-state index < -0.39 is 12.1 Å². The first kappa shape index (κ1) is 56.9. The van der Waals surface area contributed by atoms with Crippen LogP contribution >= 0.6 is 0 Å². The van der Waals surface area contributed by atoms with Crippen LogP contribution in [0, 0.1) is 0 Å². The molecule has 0 aliphatic carbocycles. The fourth-order valence-corrected chi connectivity index (χ4v) is 8.35. The van der Waals surface area contributed by atoms with E-state index in [0.29, 0.717) is 25.9 Å². The molecule has 1 amide bonds. The van der Waals surface area contributed by atoms with Crippen LogP contribution in [0.3, 0.4) is 0 Å². The van der Waals surface area contributed by atoms with Gasteiger partial charge < -0.3 is 20.3 Å². The average Bonchev–Trinajstić information content (AvgIpc) is 3.22. The summed E-state index contributed by atoms with van der Waals surface area (Å²) < 4.78 is 5.45. The predicted molar refractivity (Wildman–Crippen MR) is 250 cm³/mol. The molecule has 2 atom stereocenters. The predicted octanol–water partition coefficient (Wildman–Crippen LogP) is 15.6. The second kappa shape index (κ2) is 48.5. The Bertz CT molecular complexity index is 822. The van der Waals surface area contributed by atoms with Gasteiger partial charge in [-0.3, -0.25) is 9.59 Å². The zero-order valence-electron chi connectivity index (χ0n) is 39.3. The molecule has 0 aliphatic heterocycles. The maximum absolute atomic E-state index is 12.4. The Morgan fingerprint density at radius 1 is 0.414 bits per heavy atom. The van der Waals surface area contributed by atoms with E-state index in [2.05, 4.69) is 19.2 Å². The number of esters is 1. The van der Waals surface area contributed by atoms with Gasteiger partial charge in [0.1, 0.15) is 0 Å². The number of hydrogen-bond donors (Lipinski definition) is 3. The zero-order chi connectivity index (χ0) is 42.3. The van der Waals surface area contributed by atoms with E-state index in [1.165, 1.54) is 218 Å². The minimum atomic E-state index is -0.668. The summed E-state index contributed by atoms with van der Waals surface area (Å²) >= 11 is 0. The summed E-state index contributed by atoms with van der Waals surface area (Å²) in [7, 11) is 0. The quantitative estimate of drug-likeness (QED) is 0.0420. The number of carbonyl (C=O) groups is 2. The number of amides is 1. The molecule has 6 heteroatoms. The Morgan fingerprint density at radius 2 is 0.707 bits per heavy atom. The lowest BCUT2D eigenvalue weighted by Crippen LogP contribution is -2.45. The molecule has 0 aromatic rings. The van der Waals surface area contributed by atoms with Crippen LogP contribution in [-0.2, 0) is 14.3 Å². The third kappa shape index (κ3) is 44.4. The van der Waals surface area contributed by atoms with Crippen LogP contribution in [0.5, 0.6) is 0 Å². The molecule has 0 aromatic carbocycles. The molecular weight excluding hydrogens is 719 g/mol. The first-order chi connectivity index (χ1) is 28.5. The van der Waals surface area contributed by atoms with Crippen molar-refractivity contribution in [1.82, 2.24) is 5.32 Å². The Balaban J connectivity index is 3.43. The first-order valence-corrected chi connectivity index (χ1v) is 26.3. The number of nitrogens with one attached hydrogen (secondary N) is 1. The van der Waals surface area contributed by atoms with Gasteiger partial charge in [-0.2, -0.15) is 0 Å². The topological polar surface area (TPSA) is 95.9 Å². The third-order valence-electron chi connectivity index (χ3n) is 12.4. The van der Waals surface area contributed by atoms with Crippen LogP contribution in [-0.4, -0.2) is 47.4 Å². The molecule has 0 heterocycles. The van der Waals surface area contributed by atoms with Gasteiger partial charge in [0, 0.05) is 12.8 Å². The van der Waals surface area contributed by atoms with Crippen molar-refractivity contribution in [3.05, 3.63) is 0 Å². The van der Waals surface area contributed by atoms with Gasteiger partial charge in [-0.25, -0.2) is 0 Å². The molecule has 0 saturated carbocycles. The SMILES string of the molecule is CCCCCCCCCCCCCCCCCC(O)C(CO)NC(=O)CCCCCCCCCCCCCCCCCOC(=O)CCCCCCCCCCCCC. The highest BCUT2D eigenvalue weighted by atomic mass is 16.5. The number of ether oxygens (including phenoxy) is 1. The van der Waals surface area contributed by atoms with E-state index in [1.807, 2.05) is 0 Å². The lowest BCUT2D eigenvalue weighted by atomic mass is 10.0. The summed E-state index contributed by atoms with van der Waals surface area (Å²) in [5.74, 6) is -0.0404. The summed E-state index contributed by atoms with van der Waals surface area (Å²) in [4.78, 5) is 24.4. The van der Waals surface area contributed by atoms with Gasteiger partial charge in [0.25, 0.3) is 0 Å². The van der Waals surface area contributed by atoms with Crippen molar-refractivity contribution in [3.63, 3.8) is 0 Å². The van der Waals surface area contributed by atoms with Crippen molar-refractivity contribution < 1.29 is 24.5 Å². The number of carbonyl (C=O) groups excluding carboxylic acids is 2. The van der Waals surface area contributed by atoms with Crippen molar-refractivity contribution in [2.45, 2.75) is 309 Å². The first-order valence-electron chi connectivity index (χ1n) is 26.3. The highest BCUT2D eigenvalue weighted by molar-refractivity contribution is 5.76. The standard InChI is InChI=1S/C52H103NO5/c1-3-5-7-9-11-13-15-16-18-21-25-28-32-36-40-44-50(55)49(48-54)53-51(56)45-41-37-33-29-26-22-19-17-20-23-27-31-35-39-43-47-58-52(57)46-42-38-34-30-24-14-12-10-8-6-4-2/h49-50,54-55H,3-48H2,1-2H3,(H,53,56). The highest BCUT2D eigenvalue weighted by Gasteiger charge is 2.20. The van der Waals surface area contributed by atoms with Gasteiger partial charge in [0.2, 0.25) is 5.91 Å². The minimum Gasteiger partial charge on any atom is -0.466 e. The van der Waals surface area contributed by atoms with E-state index >= 15 is 0 Å². The Labute approximate surface area is 362 Å². The van der Waals surface area contributed by atoms with Gasteiger partial charge in [0.05, 0.1) is 25.4 Å². The molecule has 58 heavy (non-hydrogen) atoms. The number of unbranched alkanes of at least 4 members (excludes halogenated alkanes) is 38. The number of rotatable bonds is 49. The molecule has 0 aliphatic rings. The average molecular weight is 822 g/mol. The Kier molecular flexibility index (Phi) is 47.6. The highest BCUT2D eigenvalue weighted by Crippen LogP contribution is 2.17. The summed E-state index contributed by atoms with van der Waals surface area (Å²) in [5, 5.41) is 23.2. The summed E-state index contributed by atoms with van der Waals surface area (Å²) in [6, 6.07) is -0.546. The zero-order valence-corrected chi connectivity index (χ0v) is 39.3.